The Morgan fingerprint density at radius 3 is 1.26 bits per heavy atom. The van der Waals surface area contributed by atoms with Gasteiger partial charge in [0.1, 0.15) is 5.40 Å². The Morgan fingerprint density at radius 2 is 0.866 bits per heavy atom. The van der Waals surface area contributed by atoms with Crippen LogP contribution in [0.5, 0.6) is 0 Å². The molecule has 3 aromatic rings. The van der Waals surface area contributed by atoms with Gasteiger partial charge in [0, 0.05) is 152 Å². The molecule has 142 heavy (non-hydrogen) atoms. The molecule has 8 aliphatic rings. The summed E-state index contributed by atoms with van der Waals surface area (Å²) in [5.41, 5.74) is 6.12. The molecule has 0 aromatic heterocycles. The average Bonchev–Trinajstić information content (AvgIpc) is 0.790. The van der Waals surface area contributed by atoms with E-state index in [4.69, 9.17) is 75.9 Å². The van der Waals surface area contributed by atoms with E-state index in [1.807, 2.05) is 92.1 Å². The van der Waals surface area contributed by atoms with Gasteiger partial charge in [0.25, 0.3) is 0 Å². The van der Waals surface area contributed by atoms with Gasteiger partial charge in [0.2, 0.25) is 11.9 Å². The molecule has 0 unspecified atom stereocenters. The van der Waals surface area contributed by atoms with Gasteiger partial charge in [-0.25, -0.2) is 9.98 Å². The standard InChI is InChI=1S/C30H48ClN5O2.C29H47N5O2.C17H26ClNO2.C13H24N4S.C12H22N2S.C11H24N2.CH4/c1-35(2)22-28(19-24-11-5-4-6-12-24)34-29(33-23-32)36-17-10-14-26(21-36)30(37,16-7-8-18-38-3)25-13-9-15-27(31)20-25;1-31-21-27(20-24-12-5-3-6-13-24)33-28(32-23-30)34-18-11-16-26(22-34)29(35,17-9-10-19-36-2)25-14-7-4-8-15-25;1-21-11-3-2-9-17(20,15-7-5-10-19-13-15)14-6-4-8-16(18)12-14;1-17(2)9-12(16-13(18)15-10-14)8-11-6-4-3-5-7-11;1-14(2)9-12(15-10-13)8-11-6-4-3-5-7-11;1-13(2)9-11(12)8-10-6-4-3-5-7-10;/h9,13,15,20,24,26,28,37H,4-8,10-12,14,16-19,21-22H2,1-3H3,(H,33,34);4,7-8,14-15,24,26-27,31,35H,3,5-6,9-13,16-22H2,1-2H3,(H,32,33);4,6,8,12,15,19-20H,2-3,5,7,9-11,13H2,1H3;11-12H,3-9H2,1-2H3,(H2,15,16,18);11-12H,3-9H2,1-2H3;10-11H,3-9,12H2,1-2H3;1H4/t26-,28+,30-;26-,27+,29-;15-,17-;2*12-;11-;/m111000./s1. The zero-order chi connectivity index (χ0) is 102. The average molecular weight is 2050 g/mol. The molecule has 5 aliphatic carbocycles. The first-order chi connectivity index (χ1) is 68.1. The Bertz CT molecular complexity index is 4010. The number of thiocarbonyl (C=S) groups is 1. The summed E-state index contributed by atoms with van der Waals surface area (Å²) in [4.78, 5) is 23.4. The van der Waals surface area contributed by atoms with Crippen LogP contribution in [0.4, 0.5) is 0 Å². The van der Waals surface area contributed by atoms with Crippen LogP contribution in [0.25, 0.3) is 0 Å². The van der Waals surface area contributed by atoms with E-state index in [9.17, 15) is 25.8 Å². The van der Waals surface area contributed by atoms with Crippen molar-refractivity contribution in [1.82, 2.24) is 61.3 Å². The number of rotatable bonds is 45. The predicted octanol–water partition coefficient (Wildman–Crippen LogP) is 20.5. The number of hydrogen-bond donors (Lipinski definition) is 10. The lowest BCUT2D eigenvalue weighted by Crippen LogP contribution is -2.51. The molecular formula is C113H195Cl2N19O6S2. The first kappa shape index (κ1) is 127. The van der Waals surface area contributed by atoms with Crippen LogP contribution < -0.4 is 37.6 Å². The number of piperidine rings is 3. The van der Waals surface area contributed by atoms with Gasteiger partial charge < -0.3 is 80.6 Å². The zero-order valence-corrected chi connectivity index (χ0v) is 92.5. The zero-order valence-electron chi connectivity index (χ0n) is 89.3. The quantitative estimate of drug-likeness (QED) is 0.00627. The van der Waals surface area contributed by atoms with Crippen molar-refractivity contribution in [3.05, 3.63) is 106 Å². The molecular weight excluding hydrogens is 1850 g/mol. The fourth-order valence-corrected chi connectivity index (χ4v) is 24.8. The molecule has 3 aliphatic heterocycles. The fraction of sp³-hybridized carbons (Fsp3) is 0.779. The van der Waals surface area contributed by atoms with Gasteiger partial charge in [-0.3, -0.25) is 16.0 Å². The van der Waals surface area contributed by atoms with Crippen molar-refractivity contribution < 1.29 is 29.5 Å². The molecule has 5 saturated carbocycles. The molecule has 3 saturated heterocycles. The number of likely N-dealkylation sites (tertiary alicyclic amines) is 2. The number of nitriles is 4. The maximum absolute atomic E-state index is 12.2. The van der Waals surface area contributed by atoms with Crippen LogP contribution in [0.3, 0.4) is 0 Å². The second kappa shape index (κ2) is 74.2. The summed E-state index contributed by atoms with van der Waals surface area (Å²) < 4.78 is 15.6. The van der Waals surface area contributed by atoms with E-state index in [1.165, 1.54) is 185 Å². The van der Waals surface area contributed by atoms with E-state index >= 15 is 0 Å². The van der Waals surface area contributed by atoms with E-state index in [0.29, 0.717) is 95.4 Å². The highest BCUT2D eigenvalue weighted by Crippen LogP contribution is 2.45. The van der Waals surface area contributed by atoms with Crippen molar-refractivity contribution >= 4 is 64.2 Å². The van der Waals surface area contributed by atoms with E-state index in [-0.39, 0.29) is 37.3 Å². The SMILES string of the molecule is C.CN(C)C[C@@H](N)CC1CCCCC1.CN(C)C[C@H](CC1CCCCC1)NC(=S)NC#N.CN(C)C[C@H](CC1CCCCC1)SC#N.CNC[C@H](CC1CCCCC1)N=C(NC#N)N1CCC[C@@H]([C@@](O)(CCCCOC)c2ccccc2)C1.COCCCC[C@@](O)(c1cccc(Cl)c1)[C@@H]1CCCN(C(=N[C@@H](CC2CCCCC2)CN(C)C)NC#N)C1.COCCCC[C@@](O)(c1cccc(Cl)c1)[C@@H]1CCCNC1. The second-order valence-corrected chi connectivity index (χ2v) is 45.5. The van der Waals surface area contributed by atoms with Crippen LogP contribution in [0.15, 0.2) is 88.8 Å². The van der Waals surface area contributed by atoms with Gasteiger partial charge in [-0.1, -0.05) is 246 Å². The topological polar surface area (TPSA) is 326 Å². The number of unbranched alkanes of at least 4 members (excludes halogenated alkanes) is 3. The van der Waals surface area contributed by atoms with E-state index in [0.717, 1.165) is 203 Å². The summed E-state index contributed by atoms with van der Waals surface area (Å²) in [6, 6.07) is 26.4. The lowest BCUT2D eigenvalue weighted by atomic mass is 9.74. The predicted molar refractivity (Wildman–Crippen MR) is 596 cm³/mol. The van der Waals surface area contributed by atoms with E-state index < -0.39 is 16.8 Å². The number of halogens is 2. The van der Waals surface area contributed by atoms with E-state index in [2.05, 4.69) is 135 Å². The third-order valence-corrected chi connectivity index (χ3v) is 31.8. The molecule has 11 N–H and O–H groups in total. The van der Waals surface area contributed by atoms with Gasteiger partial charge in [0.15, 0.2) is 23.7 Å². The van der Waals surface area contributed by atoms with Crippen LogP contribution in [-0.2, 0) is 31.0 Å². The lowest BCUT2D eigenvalue weighted by molar-refractivity contribution is -0.0545. The molecule has 0 spiro atoms. The Hall–Kier alpha value is -5.74. The first-order valence-electron chi connectivity index (χ1n) is 54.5. The van der Waals surface area contributed by atoms with Crippen molar-refractivity contribution in [1.29, 1.82) is 21.0 Å². The lowest BCUT2D eigenvalue weighted by Gasteiger charge is -2.43. The molecule has 3 heterocycles. The Morgan fingerprint density at radius 1 is 0.479 bits per heavy atom. The number of benzene rings is 3. The molecule has 29 heteroatoms. The van der Waals surface area contributed by atoms with Crippen molar-refractivity contribution in [2.24, 2.45) is 63.1 Å². The molecule has 0 bridgehead atoms. The molecule has 11 rings (SSSR count). The van der Waals surface area contributed by atoms with Crippen LogP contribution in [-0.4, -0.2) is 268 Å². The minimum atomic E-state index is -1.01. The normalized spacial score (nSPS) is 21.1. The van der Waals surface area contributed by atoms with Crippen LogP contribution in [0.2, 0.25) is 10.0 Å². The number of ether oxygens (including phenoxy) is 3. The third-order valence-electron chi connectivity index (χ3n) is 30.3. The van der Waals surface area contributed by atoms with Gasteiger partial charge in [-0.15, -0.1) is 0 Å². The molecule has 0 radical (unpaired) electrons. The summed E-state index contributed by atoms with van der Waals surface area (Å²) in [5, 5.41) is 95.1. The molecule has 11 atom stereocenters. The maximum atomic E-state index is 12.2. The second-order valence-electron chi connectivity index (χ2n) is 43.1. The summed E-state index contributed by atoms with van der Waals surface area (Å²) in [6.45, 7) is 11.7. The summed E-state index contributed by atoms with van der Waals surface area (Å²) >= 11 is 19.0. The molecule has 0 amide bonds. The number of thiocyanates is 1. The van der Waals surface area contributed by atoms with Crippen molar-refractivity contribution in [3.8, 4) is 24.0 Å². The number of likely N-dealkylation sites (N-methyl/N-ethyl adjacent to an activating group) is 4. The number of methoxy groups -OCH3 is 3. The van der Waals surface area contributed by atoms with E-state index in [1.54, 1.807) is 21.3 Å². The number of hydrogen-bond acceptors (Lipinski definition) is 21. The number of aliphatic hydroxyl groups is 3. The fourth-order valence-electron chi connectivity index (χ4n) is 23.3. The Kier molecular flexibility index (Phi) is 66.2. The van der Waals surface area contributed by atoms with Gasteiger partial charge in [-0.05, 0) is 293 Å². The maximum Gasteiger partial charge on any atom is 0.207 e. The Balaban J connectivity index is 0.000000314. The monoisotopic (exact) mass is 2050 g/mol. The van der Waals surface area contributed by atoms with Crippen molar-refractivity contribution in [2.75, 3.05) is 177 Å². The molecule has 8 fully saturated rings. The van der Waals surface area contributed by atoms with Crippen LogP contribution >= 0.6 is 47.2 Å². The number of nitrogens with zero attached hydrogens (tertiary/aromatic N) is 12. The summed E-state index contributed by atoms with van der Waals surface area (Å²) in [6.07, 6.45) is 59.4. The number of guanidine groups is 2. The smallest absolute Gasteiger partial charge is 0.207 e. The van der Waals surface area contributed by atoms with Crippen LogP contribution in [0, 0.1) is 92.4 Å². The van der Waals surface area contributed by atoms with Gasteiger partial charge >= 0.3 is 0 Å². The third kappa shape index (κ3) is 50.0. The highest BCUT2D eigenvalue weighted by molar-refractivity contribution is 8.04. The Labute approximate surface area is 882 Å². The van der Waals surface area contributed by atoms with Crippen LogP contribution in [0.1, 0.15) is 313 Å². The number of nitrogens with two attached hydrogens (primary N) is 1. The molecule has 25 nitrogen and oxygen atoms in total. The summed E-state index contributed by atoms with van der Waals surface area (Å²) in [5.74, 6) is 5.63. The summed E-state index contributed by atoms with van der Waals surface area (Å²) in [7, 11) is 23.8. The highest BCUT2D eigenvalue weighted by Gasteiger charge is 2.44. The molecule has 804 valence electrons. The molecule has 3 aromatic carbocycles. The first-order valence-corrected chi connectivity index (χ1v) is 56.6. The van der Waals surface area contributed by atoms with Crippen molar-refractivity contribution in [3.63, 3.8) is 0 Å². The minimum Gasteiger partial charge on any atom is -0.385 e. The number of aliphatic imine (C=N–C) groups is 2. The number of thioether (sulfide) groups is 1. The highest BCUT2D eigenvalue weighted by atomic mass is 35.5. The van der Waals surface area contributed by atoms with Crippen molar-refractivity contribution in [2.45, 2.75) is 343 Å². The van der Waals surface area contributed by atoms with Gasteiger partial charge in [-0.2, -0.15) is 21.0 Å². The van der Waals surface area contributed by atoms with Gasteiger partial charge in [0.05, 0.1) is 28.9 Å². The minimum absolute atomic E-state index is 0. The number of nitrogens with one attached hydrogen (secondary N) is 6. The largest absolute Gasteiger partial charge is 0.385 e.